The summed E-state index contributed by atoms with van der Waals surface area (Å²) in [6.45, 7) is 0. The highest BCUT2D eigenvalue weighted by molar-refractivity contribution is 6.32. The zero-order chi connectivity index (χ0) is 12.6. The number of fused-ring (bicyclic) bond motifs is 1. The fourth-order valence-corrected chi connectivity index (χ4v) is 1.77. The van der Waals surface area contributed by atoms with Crippen molar-refractivity contribution in [1.82, 2.24) is 10.2 Å². The van der Waals surface area contributed by atoms with E-state index in [0.29, 0.717) is 10.5 Å². The maximum atomic E-state index is 11.5. The third-order valence-electron chi connectivity index (χ3n) is 2.24. The van der Waals surface area contributed by atoms with Gasteiger partial charge in [0.05, 0.1) is 18.2 Å². The van der Waals surface area contributed by atoms with Gasteiger partial charge in [-0.05, 0) is 12.1 Å². The second kappa shape index (κ2) is 4.06. The molecule has 0 saturated carbocycles. The first kappa shape index (κ1) is 11.4. The van der Waals surface area contributed by atoms with E-state index in [2.05, 4.69) is 14.9 Å². The van der Waals surface area contributed by atoms with E-state index in [0.717, 1.165) is 0 Å². The van der Waals surface area contributed by atoms with Crippen LogP contribution in [-0.2, 0) is 4.74 Å². The van der Waals surface area contributed by atoms with Crippen LogP contribution in [0.5, 0.6) is 0 Å². The molecular formula is C10H7ClN2O4. The quantitative estimate of drug-likeness (QED) is 0.796. The van der Waals surface area contributed by atoms with Crippen molar-refractivity contribution in [2.24, 2.45) is 0 Å². The van der Waals surface area contributed by atoms with E-state index in [9.17, 15) is 9.59 Å². The first-order valence-corrected chi connectivity index (χ1v) is 4.91. The van der Waals surface area contributed by atoms with Crippen LogP contribution in [-0.4, -0.2) is 34.4 Å². The first-order valence-electron chi connectivity index (χ1n) is 4.54. The van der Waals surface area contributed by atoms with Gasteiger partial charge in [0, 0.05) is 10.4 Å². The molecule has 1 aromatic heterocycles. The summed E-state index contributed by atoms with van der Waals surface area (Å²) in [4.78, 5) is 22.5. The Hall–Kier alpha value is -2.08. The predicted octanol–water partition coefficient (Wildman–Crippen LogP) is 1.70. The Morgan fingerprint density at radius 1 is 1.47 bits per heavy atom. The number of rotatable bonds is 2. The van der Waals surface area contributed by atoms with Crippen LogP contribution in [0.4, 0.5) is 0 Å². The summed E-state index contributed by atoms with van der Waals surface area (Å²) in [7, 11) is 1.20. The number of hydrogen-bond donors (Lipinski definition) is 2. The second-order valence-corrected chi connectivity index (χ2v) is 3.68. The van der Waals surface area contributed by atoms with Crippen LogP contribution in [0, 0.1) is 0 Å². The average molecular weight is 255 g/mol. The molecule has 6 nitrogen and oxygen atoms in total. The van der Waals surface area contributed by atoms with Crippen LogP contribution in [0.2, 0.25) is 5.02 Å². The van der Waals surface area contributed by atoms with Gasteiger partial charge in [-0.2, -0.15) is 5.10 Å². The second-order valence-electron chi connectivity index (χ2n) is 3.24. The molecule has 2 aromatic rings. The van der Waals surface area contributed by atoms with Crippen LogP contribution < -0.4 is 0 Å². The summed E-state index contributed by atoms with van der Waals surface area (Å²) in [5.74, 6) is -1.90. The zero-order valence-electron chi connectivity index (χ0n) is 8.65. The molecule has 0 bridgehead atoms. The molecule has 0 spiro atoms. The molecule has 0 aliphatic rings. The van der Waals surface area contributed by atoms with Crippen LogP contribution in [0.25, 0.3) is 10.9 Å². The third kappa shape index (κ3) is 1.83. The Bertz CT molecular complexity index is 620. The SMILES string of the molecule is COC(=O)c1cc(Cl)cc2[nH]nc(C(=O)O)c12. The van der Waals surface area contributed by atoms with Crippen LogP contribution in [0.1, 0.15) is 20.8 Å². The number of aromatic nitrogens is 2. The van der Waals surface area contributed by atoms with Crippen molar-refractivity contribution in [1.29, 1.82) is 0 Å². The van der Waals surface area contributed by atoms with Gasteiger partial charge in [0.2, 0.25) is 0 Å². The number of nitrogens with zero attached hydrogens (tertiary/aromatic N) is 1. The number of carbonyl (C=O) groups is 2. The molecule has 1 heterocycles. The molecule has 2 rings (SSSR count). The molecule has 1 aromatic carbocycles. The number of carboxylic acid groups (broad SMARTS) is 1. The van der Waals surface area contributed by atoms with Gasteiger partial charge in [-0.1, -0.05) is 11.6 Å². The topological polar surface area (TPSA) is 92.3 Å². The molecule has 0 unspecified atom stereocenters. The van der Waals surface area contributed by atoms with Gasteiger partial charge in [0.1, 0.15) is 0 Å². The number of hydrogen-bond acceptors (Lipinski definition) is 4. The molecule has 0 aliphatic heterocycles. The van der Waals surface area contributed by atoms with Gasteiger partial charge in [-0.15, -0.1) is 0 Å². The maximum Gasteiger partial charge on any atom is 0.357 e. The van der Waals surface area contributed by atoms with Gasteiger partial charge in [0.25, 0.3) is 0 Å². The maximum absolute atomic E-state index is 11.5. The minimum absolute atomic E-state index is 0.0705. The highest BCUT2D eigenvalue weighted by atomic mass is 35.5. The Labute approximate surface area is 100 Å². The minimum Gasteiger partial charge on any atom is -0.476 e. The van der Waals surface area contributed by atoms with Gasteiger partial charge in [-0.3, -0.25) is 5.10 Å². The summed E-state index contributed by atoms with van der Waals surface area (Å²) >= 11 is 5.81. The molecule has 0 atom stereocenters. The molecule has 7 heteroatoms. The largest absolute Gasteiger partial charge is 0.476 e. The molecule has 17 heavy (non-hydrogen) atoms. The number of H-pyrrole nitrogens is 1. The summed E-state index contributed by atoms with van der Waals surface area (Å²) in [5, 5.41) is 15.6. The fourth-order valence-electron chi connectivity index (χ4n) is 1.55. The van der Waals surface area contributed by atoms with Crippen molar-refractivity contribution in [3.05, 3.63) is 28.4 Å². The monoisotopic (exact) mass is 254 g/mol. The van der Waals surface area contributed by atoms with Gasteiger partial charge in [0.15, 0.2) is 5.69 Å². The van der Waals surface area contributed by atoms with Crippen molar-refractivity contribution in [2.45, 2.75) is 0 Å². The number of ether oxygens (including phenoxy) is 1. The fraction of sp³-hybridized carbons (Fsp3) is 0.100. The third-order valence-corrected chi connectivity index (χ3v) is 2.45. The minimum atomic E-state index is -1.23. The molecule has 88 valence electrons. The zero-order valence-corrected chi connectivity index (χ0v) is 9.41. The summed E-state index contributed by atoms with van der Waals surface area (Å²) in [5.41, 5.74) is 0.202. The highest BCUT2D eigenvalue weighted by Crippen LogP contribution is 2.26. The lowest BCUT2D eigenvalue weighted by Crippen LogP contribution is -2.05. The lowest BCUT2D eigenvalue weighted by Gasteiger charge is -2.02. The molecule has 0 fully saturated rings. The normalized spacial score (nSPS) is 10.5. The van der Waals surface area contributed by atoms with Crippen LogP contribution in [0.3, 0.4) is 0 Å². The van der Waals surface area contributed by atoms with Crippen LogP contribution >= 0.6 is 11.6 Å². The van der Waals surface area contributed by atoms with Crippen molar-refractivity contribution < 1.29 is 19.4 Å². The molecule has 0 saturated heterocycles. The van der Waals surface area contributed by atoms with E-state index in [1.807, 2.05) is 0 Å². The summed E-state index contributed by atoms with van der Waals surface area (Å²) in [6.07, 6.45) is 0. The predicted molar refractivity (Wildman–Crippen MR) is 59.4 cm³/mol. The molecule has 2 N–H and O–H groups in total. The number of nitrogens with one attached hydrogen (secondary N) is 1. The molecule has 0 aliphatic carbocycles. The highest BCUT2D eigenvalue weighted by Gasteiger charge is 2.21. The van der Waals surface area contributed by atoms with Crippen molar-refractivity contribution in [3.63, 3.8) is 0 Å². The van der Waals surface area contributed by atoms with Crippen molar-refractivity contribution in [2.75, 3.05) is 7.11 Å². The van der Waals surface area contributed by atoms with E-state index in [1.54, 1.807) is 0 Å². The molecular weight excluding hydrogens is 248 g/mol. The summed E-state index contributed by atoms with van der Waals surface area (Å²) < 4.78 is 4.57. The Kier molecular flexibility index (Phi) is 2.72. The number of aromatic amines is 1. The van der Waals surface area contributed by atoms with E-state index < -0.39 is 11.9 Å². The van der Waals surface area contributed by atoms with Crippen molar-refractivity contribution >= 4 is 34.4 Å². The van der Waals surface area contributed by atoms with Gasteiger partial charge >= 0.3 is 11.9 Å². The van der Waals surface area contributed by atoms with Crippen LogP contribution in [0.15, 0.2) is 12.1 Å². The smallest absolute Gasteiger partial charge is 0.357 e. The standard InChI is InChI=1S/C10H7ClN2O4/c1-17-10(16)5-2-4(11)3-6-7(5)8(9(14)15)13-12-6/h2-3H,1H3,(H,12,13)(H,14,15). The van der Waals surface area contributed by atoms with E-state index in [1.165, 1.54) is 19.2 Å². The van der Waals surface area contributed by atoms with E-state index >= 15 is 0 Å². The Morgan fingerprint density at radius 2 is 2.18 bits per heavy atom. The Morgan fingerprint density at radius 3 is 2.76 bits per heavy atom. The van der Waals surface area contributed by atoms with Gasteiger partial charge in [-0.25, -0.2) is 9.59 Å². The van der Waals surface area contributed by atoms with E-state index in [4.69, 9.17) is 16.7 Å². The lowest BCUT2D eigenvalue weighted by molar-refractivity contribution is 0.0603. The number of methoxy groups -OCH3 is 1. The average Bonchev–Trinajstić information content (AvgIpc) is 2.70. The summed E-state index contributed by atoms with van der Waals surface area (Å²) in [6, 6.07) is 2.83. The Balaban J connectivity index is 2.83. The lowest BCUT2D eigenvalue weighted by atomic mass is 10.1. The van der Waals surface area contributed by atoms with E-state index in [-0.39, 0.29) is 16.6 Å². The number of aromatic carboxylic acids is 1. The van der Waals surface area contributed by atoms with Crippen molar-refractivity contribution in [3.8, 4) is 0 Å². The number of carbonyl (C=O) groups excluding carboxylic acids is 1. The molecule has 0 amide bonds. The number of halogens is 1. The number of esters is 1. The molecule has 0 radical (unpaired) electrons. The van der Waals surface area contributed by atoms with Gasteiger partial charge < -0.3 is 9.84 Å². The first-order chi connectivity index (χ1) is 8.04. The number of benzene rings is 1. The number of carboxylic acids is 1.